The minimum absolute atomic E-state index is 0.0947. The van der Waals surface area contributed by atoms with Crippen molar-refractivity contribution in [3.63, 3.8) is 0 Å². The highest BCUT2D eigenvalue weighted by Crippen LogP contribution is 2.33. The van der Waals surface area contributed by atoms with Gasteiger partial charge in [-0.05, 0) is 24.6 Å². The maximum Gasteiger partial charge on any atom is 0.227 e. The summed E-state index contributed by atoms with van der Waals surface area (Å²) in [7, 11) is 1.56. The van der Waals surface area contributed by atoms with Crippen LogP contribution in [0.25, 0.3) is 0 Å². The minimum atomic E-state index is -0.433. The first kappa shape index (κ1) is 12.4. The lowest BCUT2D eigenvalue weighted by molar-refractivity contribution is -0.123. The summed E-state index contributed by atoms with van der Waals surface area (Å²) in [6, 6.07) is 5.60. The van der Waals surface area contributed by atoms with Crippen LogP contribution in [0, 0.1) is 12.8 Å². The van der Waals surface area contributed by atoms with Gasteiger partial charge in [-0.15, -0.1) is 0 Å². The molecule has 2 N–H and O–H groups in total. The fraction of sp³-hybridized carbons (Fsp3) is 0.385. The van der Waals surface area contributed by atoms with E-state index >= 15 is 0 Å². The van der Waals surface area contributed by atoms with Gasteiger partial charge in [-0.2, -0.15) is 0 Å². The molecule has 18 heavy (non-hydrogen) atoms. The molecular formula is C13H16N2O3. The third-order valence-electron chi connectivity index (χ3n) is 3.15. The van der Waals surface area contributed by atoms with Crippen LogP contribution in [0.3, 0.4) is 0 Å². The summed E-state index contributed by atoms with van der Waals surface area (Å²) in [6.07, 6.45) is 0.173. The number of nitrogens with zero attached hydrogens (tertiary/aromatic N) is 1. The van der Waals surface area contributed by atoms with E-state index < -0.39 is 11.8 Å². The Bertz CT molecular complexity index is 499. The van der Waals surface area contributed by atoms with Crippen molar-refractivity contribution >= 4 is 17.5 Å². The molecule has 0 bridgehead atoms. The summed E-state index contributed by atoms with van der Waals surface area (Å²) >= 11 is 0. The third-order valence-corrected chi connectivity index (χ3v) is 3.15. The number of aryl methyl sites for hydroxylation is 1. The SMILES string of the molecule is COc1ccc(C)cc1N1CC(C(N)=O)CC1=O. The summed E-state index contributed by atoms with van der Waals surface area (Å²) in [5.74, 6) is -0.318. The van der Waals surface area contributed by atoms with Gasteiger partial charge in [-0.25, -0.2) is 0 Å². The number of hydrogen-bond donors (Lipinski definition) is 1. The zero-order chi connectivity index (χ0) is 13.3. The molecule has 5 nitrogen and oxygen atoms in total. The van der Waals surface area contributed by atoms with Gasteiger partial charge < -0.3 is 15.4 Å². The number of nitrogens with two attached hydrogens (primary N) is 1. The topological polar surface area (TPSA) is 72.6 Å². The van der Waals surface area contributed by atoms with Gasteiger partial charge in [0.15, 0.2) is 0 Å². The predicted octanol–water partition coefficient (Wildman–Crippen LogP) is 0.842. The quantitative estimate of drug-likeness (QED) is 0.861. The Labute approximate surface area is 106 Å². The molecule has 1 atom stereocenters. The van der Waals surface area contributed by atoms with Crippen molar-refractivity contribution in [2.75, 3.05) is 18.6 Å². The number of rotatable bonds is 3. The van der Waals surface area contributed by atoms with Crippen molar-refractivity contribution in [3.8, 4) is 5.75 Å². The second kappa shape index (κ2) is 4.68. The lowest BCUT2D eigenvalue weighted by Crippen LogP contribution is -2.28. The smallest absolute Gasteiger partial charge is 0.227 e. The molecule has 2 amide bonds. The molecule has 96 valence electrons. The monoisotopic (exact) mass is 248 g/mol. The second-order valence-corrected chi connectivity index (χ2v) is 4.48. The highest BCUT2D eigenvalue weighted by atomic mass is 16.5. The average molecular weight is 248 g/mol. The molecule has 1 fully saturated rings. The number of amides is 2. The third kappa shape index (κ3) is 2.16. The predicted molar refractivity (Wildman–Crippen MR) is 67.4 cm³/mol. The number of carbonyl (C=O) groups is 2. The number of benzene rings is 1. The summed E-state index contributed by atoms with van der Waals surface area (Å²) in [4.78, 5) is 24.7. The van der Waals surface area contributed by atoms with Crippen LogP contribution in [-0.4, -0.2) is 25.5 Å². The summed E-state index contributed by atoms with van der Waals surface area (Å²) in [6.45, 7) is 2.27. The van der Waals surface area contributed by atoms with Crippen LogP contribution in [-0.2, 0) is 9.59 Å². The molecule has 1 aromatic carbocycles. The Kier molecular flexibility index (Phi) is 3.23. The highest BCUT2D eigenvalue weighted by molar-refractivity contribution is 6.01. The van der Waals surface area contributed by atoms with E-state index in [9.17, 15) is 9.59 Å². The molecule has 2 rings (SSSR count). The summed E-state index contributed by atoms with van der Waals surface area (Å²) < 4.78 is 5.25. The Morgan fingerprint density at radius 2 is 2.22 bits per heavy atom. The molecule has 0 aliphatic carbocycles. The first-order valence-electron chi connectivity index (χ1n) is 5.77. The van der Waals surface area contributed by atoms with E-state index in [1.807, 2.05) is 25.1 Å². The number of ether oxygens (including phenoxy) is 1. The van der Waals surface area contributed by atoms with E-state index in [1.54, 1.807) is 12.0 Å². The number of anilines is 1. The number of methoxy groups -OCH3 is 1. The maximum absolute atomic E-state index is 11.9. The van der Waals surface area contributed by atoms with Crippen molar-refractivity contribution in [1.29, 1.82) is 0 Å². The molecule has 1 aromatic rings. The van der Waals surface area contributed by atoms with E-state index in [0.717, 1.165) is 5.56 Å². The van der Waals surface area contributed by atoms with E-state index in [2.05, 4.69) is 0 Å². The zero-order valence-electron chi connectivity index (χ0n) is 10.5. The molecule has 1 aliphatic heterocycles. The fourth-order valence-electron chi connectivity index (χ4n) is 2.14. The Hall–Kier alpha value is -2.04. The highest BCUT2D eigenvalue weighted by Gasteiger charge is 2.35. The van der Waals surface area contributed by atoms with Gasteiger partial charge in [0.2, 0.25) is 11.8 Å². The van der Waals surface area contributed by atoms with Crippen LogP contribution in [0.15, 0.2) is 18.2 Å². The van der Waals surface area contributed by atoms with Gasteiger partial charge in [-0.3, -0.25) is 9.59 Å². The van der Waals surface area contributed by atoms with Gasteiger partial charge in [0.05, 0.1) is 18.7 Å². The molecule has 0 aromatic heterocycles. The Morgan fingerprint density at radius 3 is 2.78 bits per heavy atom. The van der Waals surface area contributed by atoms with Crippen LogP contribution in [0.4, 0.5) is 5.69 Å². The van der Waals surface area contributed by atoms with E-state index in [0.29, 0.717) is 18.0 Å². The first-order valence-corrected chi connectivity index (χ1v) is 5.77. The van der Waals surface area contributed by atoms with Crippen molar-refractivity contribution in [2.24, 2.45) is 11.7 Å². The Balaban J connectivity index is 2.34. The molecule has 1 saturated heterocycles. The molecular weight excluding hydrogens is 232 g/mol. The molecule has 0 radical (unpaired) electrons. The van der Waals surface area contributed by atoms with Gasteiger partial charge in [0.25, 0.3) is 0 Å². The summed E-state index contributed by atoms with van der Waals surface area (Å²) in [5.41, 5.74) is 6.98. The van der Waals surface area contributed by atoms with Crippen molar-refractivity contribution in [3.05, 3.63) is 23.8 Å². The number of carbonyl (C=O) groups excluding carboxylic acids is 2. The maximum atomic E-state index is 11.9. The molecule has 5 heteroatoms. The largest absolute Gasteiger partial charge is 0.495 e. The Morgan fingerprint density at radius 1 is 1.50 bits per heavy atom. The van der Waals surface area contributed by atoms with Crippen molar-refractivity contribution in [1.82, 2.24) is 0 Å². The van der Waals surface area contributed by atoms with Crippen LogP contribution in [0.2, 0.25) is 0 Å². The molecule has 0 saturated carbocycles. The first-order chi connectivity index (χ1) is 8.52. The van der Waals surface area contributed by atoms with Gasteiger partial charge in [0.1, 0.15) is 5.75 Å². The van der Waals surface area contributed by atoms with Crippen LogP contribution >= 0.6 is 0 Å². The van der Waals surface area contributed by atoms with Crippen molar-refractivity contribution < 1.29 is 14.3 Å². The number of primary amides is 1. The van der Waals surface area contributed by atoms with E-state index in [-0.39, 0.29) is 12.3 Å². The molecule has 1 aliphatic rings. The van der Waals surface area contributed by atoms with Gasteiger partial charge in [0, 0.05) is 13.0 Å². The minimum Gasteiger partial charge on any atom is -0.495 e. The van der Waals surface area contributed by atoms with Gasteiger partial charge >= 0.3 is 0 Å². The lowest BCUT2D eigenvalue weighted by atomic mass is 10.1. The average Bonchev–Trinajstić information content (AvgIpc) is 2.71. The van der Waals surface area contributed by atoms with Crippen LogP contribution in [0.1, 0.15) is 12.0 Å². The molecule has 1 heterocycles. The summed E-state index contributed by atoms with van der Waals surface area (Å²) in [5, 5.41) is 0. The number of hydrogen-bond acceptors (Lipinski definition) is 3. The standard InChI is InChI=1S/C13H16N2O3/c1-8-3-4-11(18-2)10(5-8)15-7-9(13(14)17)6-12(15)16/h3-5,9H,6-7H2,1-2H3,(H2,14,17). The molecule has 0 spiro atoms. The van der Waals surface area contributed by atoms with E-state index in [4.69, 9.17) is 10.5 Å². The lowest BCUT2D eigenvalue weighted by Gasteiger charge is -2.19. The van der Waals surface area contributed by atoms with Crippen LogP contribution < -0.4 is 15.4 Å². The second-order valence-electron chi connectivity index (χ2n) is 4.48. The molecule has 1 unspecified atom stereocenters. The normalized spacial score (nSPS) is 19.1. The van der Waals surface area contributed by atoms with E-state index in [1.165, 1.54) is 0 Å². The zero-order valence-corrected chi connectivity index (χ0v) is 10.5. The van der Waals surface area contributed by atoms with Crippen LogP contribution in [0.5, 0.6) is 5.75 Å². The van der Waals surface area contributed by atoms with Gasteiger partial charge in [-0.1, -0.05) is 6.07 Å². The van der Waals surface area contributed by atoms with Crippen molar-refractivity contribution in [2.45, 2.75) is 13.3 Å². The fourth-order valence-corrected chi connectivity index (χ4v) is 2.14.